The molecule has 0 unspecified atom stereocenters. The predicted molar refractivity (Wildman–Crippen MR) is 136 cm³/mol. The molecule has 3 aromatic heterocycles. The third-order valence-electron chi connectivity index (χ3n) is 7.64. The van der Waals surface area contributed by atoms with Crippen LogP contribution >= 0.6 is 11.5 Å². The van der Waals surface area contributed by atoms with Gasteiger partial charge >= 0.3 is 0 Å². The molecule has 36 heavy (non-hydrogen) atoms. The lowest BCUT2D eigenvalue weighted by molar-refractivity contribution is -0.146. The first-order valence-electron chi connectivity index (χ1n) is 13.0. The van der Waals surface area contributed by atoms with Gasteiger partial charge in [0.15, 0.2) is 0 Å². The molecule has 3 aliphatic rings. The minimum absolute atomic E-state index is 0.125. The number of carbonyl (C=O) groups excluding carboxylic acids is 1. The van der Waals surface area contributed by atoms with E-state index in [0.717, 1.165) is 84.9 Å². The number of aromatic nitrogens is 5. The van der Waals surface area contributed by atoms with Crippen molar-refractivity contribution in [2.75, 3.05) is 38.3 Å². The Bertz CT molecular complexity index is 1210. The summed E-state index contributed by atoms with van der Waals surface area (Å²) >= 11 is 1.43. The maximum atomic E-state index is 12.3. The van der Waals surface area contributed by atoms with Crippen LogP contribution in [0.25, 0.3) is 10.2 Å². The topological polar surface area (TPSA) is 107 Å². The average molecular weight is 512 g/mol. The Kier molecular flexibility index (Phi) is 6.85. The number of ether oxygens (including phenoxy) is 2. The molecular formula is C25H33N7O3S. The van der Waals surface area contributed by atoms with E-state index in [-0.39, 0.29) is 12.5 Å². The molecule has 3 aromatic rings. The Hall–Kier alpha value is -2.63. The van der Waals surface area contributed by atoms with Crippen molar-refractivity contribution in [3.05, 3.63) is 29.5 Å². The molecule has 1 N–H and O–H groups in total. The number of carbonyl (C=O) groups is 1. The van der Waals surface area contributed by atoms with Crippen LogP contribution in [0.4, 0.5) is 5.82 Å². The maximum Gasteiger partial charge on any atom is 0.248 e. The Labute approximate surface area is 214 Å². The van der Waals surface area contributed by atoms with Crippen LogP contribution in [-0.4, -0.2) is 80.0 Å². The van der Waals surface area contributed by atoms with Gasteiger partial charge in [-0.2, -0.15) is 9.47 Å². The Morgan fingerprint density at radius 3 is 2.69 bits per heavy atom. The molecule has 0 aromatic carbocycles. The highest BCUT2D eigenvalue weighted by Crippen LogP contribution is 2.31. The second-order valence-electron chi connectivity index (χ2n) is 10.1. The molecule has 1 saturated carbocycles. The number of morpholine rings is 1. The van der Waals surface area contributed by atoms with Gasteiger partial charge in [-0.25, -0.2) is 9.97 Å². The van der Waals surface area contributed by atoms with Crippen LogP contribution < -0.4 is 5.32 Å². The summed E-state index contributed by atoms with van der Waals surface area (Å²) in [7, 11) is 0. The molecule has 5 heterocycles. The number of hydrogen-bond acceptors (Lipinski definition) is 9. The van der Waals surface area contributed by atoms with Crippen LogP contribution in [-0.2, 0) is 20.7 Å². The number of anilines is 1. The smallest absolute Gasteiger partial charge is 0.248 e. The van der Waals surface area contributed by atoms with Crippen molar-refractivity contribution in [2.45, 2.75) is 70.0 Å². The van der Waals surface area contributed by atoms with Gasteiger partial charge in [-0.1, -0.05) is 0 Å². The molecule has 0 spiro atoms. The molecule has 1 aliphatic carbocycles. The van der Waals surface area contributed by atoms with Crippen molar-refractivity contribution in [3.8, 4) is 0 Å². The fourth-order valence-electron chi connectivity index (χ4n) is 5.66. The first kappa shape index (κ1) is 23.7. The summed E-state index contributed by atoms with van der Waals surface area (Å²) in [5.41, 5.74) is 2.08. The summed E-state index contributed by atoms with van der Waals surface area (Å²) < 4.78 is 17.4. The molecule has 6 rings (SSSR count). The minimum Gasteiger partial charge on any atom is -0.381 e. The summed E-state index contributed by atoms with van der Waals surface area (Å²) in [6.07, 6.45) is 10.7. The molecule has 0 atom stereocenters. The van der Waals surface area contributed by atoms with E-state index in [0.29, 0.717) is 37.7 Å². The van der Waals surface area contributed by atoms with Gasteiger partial charge in [0.2, 0.25) is 5.91 Å². The molecule has 1 amide bonds. The van der Waals surface area contributed by atoms with E-state index in [9.17, 15) is 4.79 Å². The molecule has 2 saturated heterocycles. The van der Waals surface area contributed by atoms with Crippen molar-refractivity contribution in [1.29, 1.82) is 0 Å². The molecule has 192 valence electrons. The summed E-state index contributed by atoms with van der Waals surface area (Å²) in [6, 6.07) is 1.04. The van der Waals surface area contributed by atoms with E-state index in [1.807, 2.05) is 18.0 Å². The highest BCUT2D eigenvalue weighted by molar-refractivity contribution is 7.13. The van der Waals surface area contributed by atoms with Crippen LogP contribution in [0, 0.1) is 6.92 Å². The normalized spacial score (nSPS) is 23.9. The molecule has 10 nitrogen and oxygen atoms in total. The van der Waals surface area contributed by atoms with Crippen LogP contribution in [0.2, 0.25) is 0 Å². The van der Waals surface area contributed by atoms with E-state index >= 15 is 0 Å². The molecule has 11 heteroatoms. The fraction of sp³-hybridized carbons (Fsp3) is 0.640. The van der Waals surface area contributed by atoms with Crippen LogP contribution in [0.1, 0.15) is 61.6 Å². The van der Waals surface area contributed by atoms with E-state index in [1.54, 1.807) is 0 Å². The third-order valence-corrected chi connectivity index (χ3v) is 8.47. The van der Waals surface area contributed by atoms with Crippen LogP contribution in [0.5, 0.6) is 0 Å². The lowest BCUT2D eigenvalue weighted by atomic mass is 9.90. The number of hydrogen-bond donors (Lipinski definition) is 1. The average Bonchev–Trinajstić information content (AvgIpc) is 3.52. The number of amides is 1. The molecule has 3 fully saturated rings. The van der Waals surface area contributed by atoms with E-state index in [1.165, 1.54) is 11.5 Å². The van der Waals surface area contributed by atoms with Gasteiger partial charge in [0.1, 0.15) is 23.1 Å². The van der Waals surface area contributed by atoms with Gasteiger partial charge in [0.25, 0.3) is 0 Å². The molecular weight excluding hydrogens is 478 g/mol. The number of rotatable bonds is 6. The van der Waals surface area contributed by atoms with E-state index in [2.05, 4.69) is 25.7 Å². The molecule has 2 aliphatic heterocycles. The second-order valence-corrected chi connectivity index (χ2v) is 10.8. The zero-order valence-corrected chi connectivity index (χ0v) is 21.5. The zero-order valence-electron chi connectivity index (χ0n) is 20.7. The monoisotopic (exact) mass is 511 g/mol. The van der Waals surface area contributed by atoms with Crippen LogP contribution in [0.3, 0.4) is 0 Å². The number of nitrogens with zero attached hydrogens (tertiary/aromatic N) is 6. The minimum atomic E-state index is 0.125. The second kappa shape index (κ2) is 10.4. The standard InChI is InChI=1S/C25H33N7O3S/c1-16-23-24(27-18-2-4-19(5-3-18)31-8-11-35-15-22(31)33)28-21(29-25(23)36-30-16)12-17-13-26-32(14-17)20-6-9-34-10-7-20/h13-14,18-20H,2-12,15H2,1H3,(H,27,28,29). The summed E-state index contributed by atoms with van der Waals surface area (Å²) in [6.45, 7) is 5.19. The lowest BCUT2D eigenvalue weighted by Crippen LogP contribution is -2.49. The number of fused-ring (bicyclic) bond motifs is 1. The third kappa shape index (κ3) is 4.96. The molecule has 0 radical (unpaired) electrons. The lowest BCUT2D eigenvalue weighted by Gasteiger charge is -2.39. The Morgan fingerprint density at radius 1 is 1.06 bits per heavy atom. The zero-order chi connectivity index (χ0) is 24.5. The van der Waals surface area contributed by atoms with Gasteiger partial charge in [-0.3, -0.25) is 9.48 Å². The van der Waals surface area contributed by atoms with Gasteiger partial charge < -0.3 is 19.7 Å². The largest absolute Gasteiger partial charge is 0.381 e. The van der Waals surface area contributed by atoms with Gasteiger partial charge in [-0.15, -0.1) is 0 Å². The van der Waals surface area contributed by atoms with Crippen molar-refractivity contribution >= 4 is 33.5 Å². The van der Waals surface area contributed by atoms with Gasteiger partial charge in [0, 0.05) is 44.5 Å². The quantitative estimate of drug-likeness (QED) is 0.538. The van der Waals surface area contributed by atoms with Crippen molar-refractivity contribution in [1.82, 2.24) is 29.0 Å². The van der Waals surface area contributed by atoms with Crippen molar-refractivity contribution in [3.63, 3.8) is 0 Å². The van der Waals surface area contributed by atoms with Crippen molar-refractivity contribution < 1.29 is 14.3 Å². The Balaban J connectivity index is 1.16. The highest BCUT2D eigenvalue weighted by Gasteiger charge is 2.31. The SMILES string of the molecule is Cc1nsc2nc(Cc3cnn(C4CCOCC4)c3)nc(NC3CCC(N4CCOCC4=O)CC3)c12. The van der Waals surface area contributed by atoms with E-state index in [4.69, 9.17) is 19.4 Å². The first-order chi connectivity index (χ1) is 17.6. The highest BCUT2D eigenvalue weighted by atomic mass is 32.1. The first-order valence-corrected chi connectivity index (χ1v) is 13.8. The van der Waals surface area contributed by atoms with E-state index < -0.39 is 0 Å². The number of aryl methyl sites for hydroxylation is 1. The fourth-order valence-corrected chi connectivity index (χ4v) is 6.46. The predicted octanol–water partition coefficient (Wildman–Crippen LogP) is 3.12. The van der Waals surface area contributed by atoms with Crippen LogP contribution in [0.15, 0.2) is 12.4 Å². The summed E-state index contributed by atoms with van der Waals surface area (Å²) in [5, 5.41) is 9.36. The Morgan fingerprint density at radius 2 is 1.89 bits per heavy atom. The summed E-state index contributed by atoms with van der Waals surface area (Å²) in [4.78, 5) is 25.0. The molecule has 0 bridgehead atoms. The summed E-state index contributed by atoms with van der Waals surface area (Å²) in [5.74, 6) is 1.79. The van der Waals surface area contributed by atoms with Gasteiger partial charge in [0.05, 0.1) is 29.9 Å². The van der Waals surface area contributed by atoms with Gasteiger partial charge in [-0.05, 0) is 62.5 Å². The number of nitrogens with one attached hydrogen (secondary N) is 1. The van der Waals surface area contributed by atoms with Crippen molar-refractivity contribution in [2.24, 2.45) is 0 Å². The maximum absolute atomic E-state index is 12.3.